The predicted octanol–water partition coefficient (Wildman–Crippen LogP) is 4.65. The number of rotatable bonds is 7. The maximum Gasteiger partial charge on any atom is 0.257 e. The van der Waals surface area contributed by atoms with E-state index in [9.17, 15) is 9.59 Å². The number of hydrogen-bond donors (Lipinski definition) is 2. The molecule has 2 heterocycles. The maximum atomic E-state index is 12.9. The average Bonchev–Trinajstić information content (AvgIpc) is 3.61. The van der Waals surface area contributed by atoms with E-state index in [0.29, 0.717) is 35.1 Å². The van der Waals surface area contributed by atoms with Crippen LogP contribution in [0.5, 0.6) is 0 Å². The maximum absolute atomic E-state index is 12.9. The van der Waals surface area contributed by atoms with Crippen molar-refractivity contribution < 1.29 is 14.0 Å². The molecular formula is C27H24N4O3. The molecule has 4 aromatic rings. The van der Waals surface area contributed by atoms with Crippen molar-refractivity contribution in [2.45, 2.75) is 31.7 Å². The van der Waals surface area contributed by atoms with Crippen molar-refractivity contribution in [2.75, 3.05) is 5.32 Å². The van der Waals surface area contributed by atoms with E-state index in [1.807, 2.05) is 49.4 Å². The summed E-state index contributed by atoms with van der Waals surface area (Å²) in [5.41, 5.74) is 3.26. The molecule has 34 heavy (non-hydrogen) atoms. The van der Waals surface area contributed by atoms with Crippen LogP contribution in [0, 0.1) is 6.92 Å². The van der Waals surface area contributed by atoms with E-state index in [1.54, 1.807) is 30.5 Å². The number of anilines is 1. The van der Waals surface area contributed by atoms with Gasteiger partial charge >= 0.3 is 0 Å². The summed E-state index contributed by atoms with van der Waals surface area (Å²) >= 11 is 0. The van der Waals surface area contributed by atoms with Crippen molar-refractivity contribution in [3.8, 4) is 11.5 Å². The van der Waals surface area contributed by atoms with E-state index in [0.717, 1.165) is 24.0 Å². The first-order valence-electron chi connectivity index (χ1n) is 11.2. The number of carbonyl (C=O) groups excluding carboxylic acids is 2. The second-order valence-corrected chi connectivity index (χ2v) is 8.43. The molecule has 2 aromatic carbocycles. The van der Waals surface area contributed by atoms with Gasteiger partial charge < -0.3 is 15.1 Å². The highest BCUT2D eigenvalue weighted by molar-refractivity contribution is 6.04. The Hall–Kier alpha value is -4.26. The molecule has 170 valence electrons. The summed E-state index contributed by atoms with van der Waals surface area (Å²) in [6, 6.07) is 20.6. The van der Waals surface area contributed by atoms with Gasteiger partial charge in [-0.25, -0.2) is 4.98 Å². The first-order chi connectivity index (χ1) is 16.5. The fourth-order valence-electron chi connectivity index (χ4n) is 3.97. The highest BCUT2D eigenvalue weighted by atomic mass is 16.4. The van der Waals surface area contributed by atoms with Gasteiger partial charge in [0.15, 0.2) is 0 Å². The number of oxazole rings is 1. The van der Waals surface area contributed by atoms with E-state index < -0.39 is 5.41 Å². The number of pyridine rings is 1. The summed E-state index contributed by atoms with van der Waals surface area (Å²) in [5.74, 6) is 0.927. The number of hydrogen-bond acceptors (Lipinski definition) is 5. The number of carbonyl (C=O) groups is 2. The quantitative estimate of drug-likeness (QED) is 0.426. The van der Waals surface area contributed by atoms with E-state index in [1.165, 1.54) is 6.20 Å². The van der Waals surface area contributed by atoms with E-state index in [-0.39, 0.29) is 11.8 Å². The Morgan fingerprint density at radius 1 is 1.00 bits per heavy atom. The van der Waals surface area contributed by atoms with Crippen LogP contribution in [0.25, 0.3) is 11.5 Å². The summed E-state index contributed by atoms with van der Waals surface area (Å²) in [6.45, 7) is 2.15. The molecule has 1 aliphatic rings. The summed E-state index contributed by atoms with van der Waals surface area (Å²) < 4.78 is 5.85. The van der Waals surface area contributed by atoms with Crippen molar-refractivity contribution in [3.05, 3.63) is 102 Å². The van der Waals surface area contributed by atoms with Crippen molar-refractivity contribution in [3.63, 3.8) is 0 Å². The Bertz CT molecular complexity index is 1310. The topological polar surface area (TPSA) is 97.1 Å². The lowest BCUT2D eigenvalue weighted by Crippen LogP contribution is -2.34. The molecule has 7 heteroatoms. The van der Waals surface area contributed by atoms with Gasteiger partial charge in [-0.2, -0.15) is 0 Å². The Balaban J connectivity index is 1.23. The van der Waals surface area contributed by atoms with Crippen LogP contribution in [0.3, 0.4) is 0 Å². The zero-order valence-electron chi connectivity index (χ0n) is 18.7. The fourth-order valence-corrected chi connectivity index (χ4v) is 3.97. The van der Waals surface area contributed by atoms with Crippen LogP contribution in [0.2, 0.25) is 0 Å². The lowest BCUT2D eigenvalue weighted by atomic mass is 9.95. The number of aryl methyl sites for hydroxylation is 1. The normalized spacial score (nSPS) is 13.8. The van der Waals surface area contributed by atoms with E-state index in [4.69, 9.17) is 4.42 Å². The van der Waals surface area contributed by atoms with Gasteiger partial charge in [-0.1, -0.05) is 30.3 Å². The Labute approximate surface area is 197 Å². The third-order valence-corrected chi connectivity index (χ3v) is 6.13. The third-order valence-electron chi connectivity index (χ3n) is 6.13. The third kappa shape index (κ3) is 4.32. The van der Waals surface area contributed by atoms with Crippen molar-refractivity contribution in [1.29, 1.82) is 0 Å². The molecule has 0 saturated heterocycles. The van der Waals surface area contributed by atoms with Crippen molar-refractivity contribution >= 4 is 17.5 Å². The van der Waals surface area contributed by atoms with Crippen molar-refractivity contribution in [1.82, 2.24) is 15.3 Å². The molecule has 1 aliphatic carbocycles. The molecule has 2 N–H and O–H groups in total. The summed E-state index contributed by atoms with van der Waals surface area (Å²) in [4.78, 5) is 33.8. The zero-order chi connectivity index (χ0) is 23.5. The second kappa shape index (κ2) is 8.94. The monoisotopic (exact) mass is 452 g/mol. The molecule has 5 rings (SSSR count). The van der Waals surface area contributed by atoms with Gasteiger partial charge in [-0.05, 0) is 61.7 Å². The second-order valence-electron chi connectivity index (χ2n) is 8.43. The van der Waals surface area contributed by atoms with Crippen LogP contribution in [0.15, 0.2) is 83.5 Å². The van der Waals surface area contributed by atoms with Crippen LogP contribution in [-0.4, -0.2) is 21.8 Å². The minimum atomic E-state index is -0.419. The van der Waals surface area contributed by atoms with E-state index in [2.05, 4.69) is 20.6 Å². The van der Waals surface area contributed by atoms with Gasteiger partial charge in [0.05, 0.1) is 17.5 Å². The largest absolute Gasteiger partial charge is 0.441 e. The standard InChI is InChI=1S/C27H24N4O3/c1-18-23(17-29-26(33)27(13-14-27)21-7-3-2-4-8-21)31-25(34-18)19-9-11-22(12-10-19)30-24(32)20-6-5-15-28-16-20/h2-12,15-16H,13-14,17H2,1H3,(H,29,33)(H,30,32). The Morgan fingerprint density at radius 2 is 1.76 bits per heavy atom. The number of nitrogens with zero attached hydrogens (tertiary/aromatic N) is 2. The molecule has 7 nitrogen and oxygen atoms in total. The average molecular weight is 453 g/mol. The molecule has 0 unspecified atom stereocenters. The Kier molecular flexibility index (Phi) is 5.67. The summed E-state index contributed by atoms with van der Waals surface area (Å²) in [7, 11) is 0. The van der Waals surface area contributed by atoms with Crippen LogP contribution in [0.1, 0.15) is 40.2 Å². The number of aromatic nitrogens is 2. The molecule has 1 saturated carbocycles. The van der Waals surface area contributed by atoms with Crippen LogP contribution >= 0.6 is 0 Å². The van der Waals surface area contributed by atoms with Gasteiger partial charge in [0.25, 0.3) is 5.91 Å². The van der Waals surface area contributed by atoms with Gasteiger partial charge in [-0.3, -0.25) is 14.6 Å². The smallest absolute Gasteiger partial charge is 0.257 e. The SMILES string of the molecule is Cc1oc(-c2ccc(NC(=O)c3cccnc3)cc2)nc1CNC(=O)C1(c2ccccc2)CC1. The molecule has 0 spiro atoms. The molecular weight excluding hydrogens is 428 g/mol. The minimum Gasteiger partial charge on any atom is -0.441 e. The highest BCUT2D eigenvalue weighted by Gasteiger charge is 2.51. The molecule has 0 bridgehead atoms. The molecule has 1 fully saturated rings. The fraction of sp³-hybridized carbons (Fsp3) is 0.185. The summed E-state index contributed by atoms with van der Waals surface area (Å²) in [5, 5.41) is 5.88. The van der Waals surface area contributed by atoms with Crippen LogP contribution in [0.4, 0.5) is 5.69 Å². The molecule has 0 atom stereocenters. The number of nitrogens with one attached hydrogen (secondary N) is 2. The van der Waals surface area contributed by atoms with Crippen LogP contribution in [-0.2, 0) is 16.8 Å². The lowest BCUT2D eigenvalue weighted by molar-refractivity contribution is -0.123. The molecule has 0 aliphatic heterocycles. The molecule has 2 amide bonds. The zero-order valence-corrected chi connectivity index (χ0v) is 18.7. The van der Waals surface area contributed by atoms with Crippen LogP contribution < -0.4 is 10.6 Å². The number of amides is 2. The van der Waals surface area contributed by atoms with Crippen molar-refractivity contribution in [2.24, 2.45) is 0 Å². The van der Waals surface area contributed by atoms with Gasteiger partial charge in [0.1, 0.15) is 11.5 Å². The molecule has 2 aromatic heterocycles. The van der Waals surface area contributed by atoms with Gasteiger partial charge in [0.2, 0.25) is 11.8 Å². The predicted molar refractivity (Wildman–Crippen MR) is 128 cm³/mol. The van der Waals surface area contributed by atoms with E-state index >= 15 is 0 Å². The lowest BCUT2D eigenvalue weighted by Gasteiger charge is -2.15. The summed E-state index contributed by atoms with van der Waals surface area (Å²) in [6.07, 6.45) is 4.85. The minimum absolute atomic E-state index is 0.0244. The Morgan fingerprint density at radius 3 is 2.44 bits per heavy atom. The number of benzene rings is 2. The van der Waals surface area contributed by atoms with Gasteiger partial charge in [0, 0.05) is 23.6 Å². The first kappa shape index (κ1) is 21.6. The highest BCUT2D eigenvalue weighted by Crippen LogP contribution is 2.48. The molecule has 0 radical (unpaired) electrons. The first-order valence-corrected chi connectivity index (χ1v) is 11.2. The van der Waals surface area contributed by atoms with Gasteiger partial charge in [-0.15, -0.1) is 0 Å².